The molecule has 1 saturated heterocycles. The van der Waals surface area contributed by atoms with E-state index in [1.165, 1.54) is 11.3 Å². The molecular formula is C20H19N3O3S. The number of hydrogen-bond donors (Lipinski definition) is 0. The average Bonchev–Trinajstić information content (AvgIpc) is 3.42. The molecule has 1 aliphatic heterocycles. The maximum absolute atomic E-state index is 13.0. The highest BCUT2D eigenvalue weighted by molar-refractivity contribution is 7.14. The van der Waals surface area contributed by atoms with Gasteiger partial charge < -0.3 is 9.32 Å². The molecule has 0 bridgehead atoms. The number of benzene rings is 1. The summed E-state index contributed by atoms with van der Waals surface area (Å²) in [6, 6.07) is 13.2. The predicted octanol–water partition coefficient (Wildman–Crippen LogP) is 3.64. The average molecular weight is 381 g/mol. The summed E-state index contributed by atoms with van der Waals surface area (Å²) in [5, 5.41) is 2.53. The van der Waals surface area contributed by atoms with Crippen molar-refractivity contribution in [2.75, 3.05) is 16.3 Å². The Morgan fingerprint density at radius 3 is 2.78 bits per heavy atom. The second-order valence-electron chi connectivity index (χ2n) is 6.34. The van der Waals surface area contributed by atoms with Crippen LogP contribution in [0.25, 0.3) is 0 Å². The summed E-state index contributed by atoms with van der Waals surface area (Å²) >= 11 is 1.41. The number of anilines is 2. The first-order chi connectivity index (χ1) is 13.2. The van der Waals surface area contributed by atoms with Crippen LogP contribution in [0.5, 0.6) is 0 Å². The molecule has 0 unspecified atom stereocenters. The first kappa shape index (κ1) is 17.5. The maximum atomic E-state index is 13.0. The van der Waals surface area contributed by atoms with Gasteiger partial charge in [0.15, 0.2) is 5.13 Å². The fourth-order valence-corrected chi connectivity index (χ4v) is 3.96. The van der Waals surface area contributed by atoms with Gasteiger partial charge in [0.25, 0.3) is 0 Å². The van der Waals surface area contributed by atoms with Crippen molar-refractivity contribution in [2.45, 2.75) is 25.8 Å². The van der Waals surface area contributed by atoms with Crippen LogP contribution in [0.2, 0.25) is 0 Å². The van der Waals surface area contributed by atoms with Crippen LogP contribution in [-0.2, 0) is 22.6 Å². The number of hydrogen-bond acceptors (Lipinski definition) is 5. The van der Waals surface area contributed by atoms with Gasteiger partial charge >= 0.3 is 0 Å². The van der Waals surface area contributed by atoms with Gasteiger partial charge in [0.2, 0.25) is 11.8 Å². The molecule has 1 fully saturated rings. The summed E-state index contributed by atoms with van der Waals surface area (Å²) in [5.41, 5.74) is 1.49. The Balaban J connectivity index is 1.51. The van der Waals surface area contributed by atoms with Crippen LogP contribution >= 0.6 is 11.3 Å². The van der Waals surface area contributed by atoms with Crippen LogP contribution in [0.3, 0.4) is 0 Å². The van der Waals surface area contributed by atoms with E-state index in [2.05, 4.69) is 4.98 Å². The van der Waals surface area contributed by atoms with Gasteiger partial charge in [0, 0.05) is 24.0 Å². The summed E-state index contributed by atoms with van der Waals surface area (Å²) in [6.45, 7) is 1.06. The minimum absolute atomic E-state index is 0.0674. The number of para-hydroxylation sites is 1. The van der Waals surface area contributed by atoms with Crippen molar-refractivity contribution >= 4 is 34.0 Å². The monoisotopic (exact) mass is 381 g/mol. The molecule has 6 nitrogen and oxygen atoms in total. The lowest BCUT2D eigenvalue weighted by molar-refractivity contribution is -0.118. The van der Waals surface area contributed by atoms with E-state index in [0.29, 0.717) is 36.1 Å². The Morgan fingerprint density at radius 2 is 2.07 bits per heavy atom. The van der Waals surface area contributed by atoms with Gasteiger partial charge in [-0.3, -0.25) is 14.5 Å². The molecule has 3 aromatic rings. The summed E-state index contributed by atoms with van der Waals surface area (Å²) in [6.07, 6.45) is 3.20. The molecule has 1 aliphatic rings. The van der Waals surface area contributed by atoms with Gasteiger partial charge in [0.05, 0.1) is 24.9 Å². The molecule has 0 N–H and O–H groups in total. The Morgan fingerprint density at radius 1 is 1.22 bits per heavy atom. The third kappa shape index (κ3) is 3.93. The van der Waals surface area contributed by atoms with Gasteiger partial charge in [-0.05, 0) is 30.7 Å². The maximum Gasteiger partial charge on any atom is 0.233 e. The topological polar surface area (TPSA) is 66.7 Å². The molecule has 0 atom stereocenters. The fourth-order valence-electron chi connectivity index (χ4n) is 3.09. The van der Waals surface area contributed by atoms with E-state index in [4.69, 9.17) is 4.42 Å². The Kier molecular flexibility index (Phi) is 5.02. The van der Waals surface area contributed by atoms with Crippen LogP contribution in [-0.4, -0.2) is 23.3 Å². The van der Waals surface area contributed by atoms with Crippen LogP contribution in [0.15, 0.2) is 58.5 Å². The SMILES string of the molecule is O=C(Cc1csc(N2CCCC2=O)n1)N(Cc1ccco1)c1ccccc1. The summed E-state index contributed by atoms with van der Waals surface area (Å²) in [4.78, 5) is 32.8. The minimum atomic E-state index is -0.0674. The first-order valence-electron chi connectivity index (χ1n) is 8.83. The normalized spacial score (nSPS) is 13.9. The highest BCUT2D eigenvalue weighted by Crippen LogP contribution is 2.26. The Hall–Kier alpha value is -2.93. The van der Waals surface area contributed by atoms with Gasteiger partial charge in [-0.15, -0.1) is 11.3 Å². The van der Waals surface area contributed by atoms with Crippen molar-refractivity contribution in [1.29, 1.82) is 0 Å². The highest BCUT2D eigenvalue weighted by Gasteiger charge is 2.25. The summed E-state index contributed by atoms with van der Waals surface area (Å²) in [5.74, 6) is 0.752. The molecule has 0 spiro atoms. The Bertz CT molecular complexity index is 921. The second-order valence-corrected chi connectivity index (χ2v) is 7.18. The lowest BCUT2D eigenvalue weighted by Gasteiger charge is -2.21. The third-order valence-electron chi connectivity index (χ3n) is 4.44. The molecular weight excluding hydrogens is 362 g/mol. The molecule has 138 valence electrons. The number of thiazole rings is 1. The lowest BCUT2D eigenvalue weighted by Crippen LogP contribution is -2.31. The highest BCUT2D eigenvalue weighted by atomic mass is 32.1. The first-order valence-corrected chi connectivity index (χ1v) is 9.71. The van der Waals surface area contributed by atoms with Crippen molar-refractivity contribution in [3.05, 3.63) is 65.6 Å². The number of carbonyl (C=O) groups excluding carboxylic acids is 2. The van der Waals surface area contributed by atoms with Crippen LogP contribution in [0, 0.1) is 0 Å². The van der Waals surface area contributed by atoms with Crippen molar-refractivity contribution in [3.63, 3.8) is 0 Å². The zero-order valence-corrected chi connectivity index (χ0v) is 15.5. The predicted molar refractivity (Wildman–Crippen MR) is 104 cm³/mol. The fraction of sp³-hybridized carbons (Fsp3) is 0.250. The molecule has 27 heavy (non-hydrogen) atoms. The van der Waals surface area contributed by atoms with E-state index in [-0.39, 0.29) is 18.2 Å². The third-order valence-corrected chi connectivity index (χ3v) is 5.35. The van der Waals surface area contributed by atoms with E-state index < -0.39 is 0 Å². The molecule has 2 amide bonds. The van der Waals surface area contributed by atoms with Crippen LogP contribution < -0.4 is 9.80 Å². The molecule has 1 aromatic carbocycles. The van der Waals surface area contributed by atoms with E-state index in [9.17, 15) is 9.59 Å². The minimum Gasteiger partial charge on any atom is -0.467 e. The number of carbonyl (C=O) groups is 2. The van der Waals surface area contributed by atoms with Crippen molar-refractivity contribution in [1.82, 2.24) is 4.98 Å². The molecule has 4 rings (SSSR count). The van der Waals surface area contributed by atoms with Crippen LogP contribution in [0.1, 0.15) is 24.3 Å². The van der Waals surface area contributed by atoms with Crippen molar-refractivity contribution in [3.8, 4) is 0 Å². The zero-order valence-electron chi connectivity index (χ0n) is 14.7. The van der Waals surface area contributed by atoms with E-state index in [0.717, 1.165) is 12.1 Å². The van der Waals surface area contributed by atoms with Gasteiger partial charge in [-0.1, -0.05) is 18.2 Å². The van der Waals surface area contributed by atoms with E-state index >= 15 is 0 Å². The molecule has 0 aliphatic carbocycles. The van der Waals surface area contributed by atoms with Crippen molar-refractivity contribution in [2.24, 2.45) is 0 Å². The van der Waals surface area contributed by atoms with Crippen LogP contribution in [0.4, 0.5) is 10.8 Å². The number of nitrogens with zero attached hydrogens (tertiary/aromatic N) is 3. The molecule has 0 saturated carbocycles. The lowest BCUT2D eigenvalue weighted by atomic mass is 10.2. The van der Waals surface area contributed by atoms with E-state index in [1.807, 2.05) is 47.8 Å². The Labute approximate surface area is 161 Å². The summed E-state index contributed by atoms with van der Waals surface area (Å²) in [7, 11) is 0. The second kappa shape index (κ2) is 7.75. The largest absolute Gasteiger partial charge is 0.467 e. The molecule has 0 radical (unpaired) electrons. The summed E-state index contributed by atoms with van der Waals surface area (Å²) < 4.78 is 5.42. The number of rotatable bonds is 6. The smallest absolute Gasteiger partial charge is 0.233 e. The standard InChI is InChI=1S/C20H19N3O3S/c24-18-9-4-10-22(18)20-21-15(14-27-20)12-19(25)23(13-17-8-5-11-26-17)16-6-2-1-3-7-16/h1-3,5-8,11,14H,4,9-10,12-13H2. The number of aromatic nitrogens is 1. The number of amides is 2. The van der Waals surface area contributed by atoms with Gasteiger partial charge in [-0.25, -0.2) is 4.98 Å². The van der Waals surface area contributed by atoms with Crippen molar-refractivity contribution < 1.29 is 14.0 Å². The quantitative estimate of drug-likeness (QED) is 0.654. The van der Waals surface area contributed by atoms with Gasteiger partial charge in [-0.2, -0.15) is 0 Å². The zero-order chi connectivity index (χ0) is 18.6. The molecule has 2 aromatic heterocycles. The van der Waals surface area contributed by atoms with Gasteiger partial charge in [0.1, 0.15) is 5.76 Å². The molecule has 7 heteroatoms. The van der Waals surface area contributed by atoms with E-state index in [1.54, 1.807) is 16.1 Å². The number of furan rings is 1. The molecule has 3 heterocycles.